The van der Waals surface area contributed by atoms with Crippen LogP contribution >= 0.6 is 11.5 Å². The van der Waals surface area contributed by atoms with Crippen molar-refractivity contribution in [1.82, 2.24) is 4.37 Å². The fourth-order valence-corrected chi connectivity index (χ4v) is 2.15. The van der Waals surface area contributed by atoms with Crippen LogP contribution in [-0.4, -0.2) is 17.5 Å². The third-order valence-corrected chi connectivity index (χ3v) is 3.14. The predicted molar refractivity (Wildman–Crippen MR) is 63.6 cm³/mol. The minimum absolute atomic E-state index is 0.343. The van der Waals surface area contributed by atoms with Crippen LogP contribution in [0, 0.1) is 6.92 Å². The minimum Gasteiger partial charge on any atom is -0.465 e. The number of aryl methyl sites for hydroxylation is 1. The van der Waals surface area contributed by atoms with Gasteiger partial charge < -0.3 is 4.74 Å². The molecule has 0 aliphatic rings. The van der Waals surface area contributed by atoms with Crippen molar-refractivity contribution in [3.8, 4) is 10.4 Å². The second kappa shape index (κ2) is 4.45. The number of hydrogen-bond donors (Lipinski definition) is 0. The molecule has 0 bridgehead atoms. The Kier molecular flexibility index (Phi) is 3.01. The number of carbonyl (C=O) groups excluding carboxylic acids is 1. The number of hydrogen-bond acceptors (Lipinski definition) is 4. The average Bonchev–Trinajstić information content (AvgIpc) is 2.78. The zero-order valence-corrected chi connectivity index (χ0v) is 9.88. The molecule has 0 spiro atoms. The van der Waals surface area contributed by atoms with Crippen LogP contribution in [-0.2, 0) is 4.74 Å². The van der Waals surface area contributed by atoms with Crippen molar-refractivity contribution < 1.29 is 9.53 Å². The van der Waals surface area contributed by atoms with E-state index >= 15 is 0 Å². The van der Waals surface area contributed by atoms with Gasteiger partial charge in [0.1, 0.15) is 0 Å². The molecule has 0 saturated carbocycles. The molecule has 16 heavy (non-hydrogen) atoms. The lowest BCUT2D eigenvalue weighted by Crippen LogP contribution is -2.00. The van der Waals surface area contributed by atoms with E-state index in [1.165, 1.54) is 24.2 Å². The molecule has 0 amide bonds. The number of nitrogens with zero attached hydrogens (tertiary/aromatic N) is 1. The first kappa shape index (κ1) is 10.8. The van der Waals surface area contributed by atoms with E-state index in [4.69, 9.17) is 4.74 Å². The van der Waals surface area contributed by atoms with Gasteiger partial charge in [-0.3, -0.25) is 0 Å². The molecule has 1 aromatic heterocycles. The number of ether oxygens (including phenoxy) is 1. The Morgan fingerprint density at radius 1 is 1.31 bits per heavy atom. The van der Waals surface area contributed by atoms with E-state index in [0.29, 0.717) is 5.56 Å². The maximum atomic E-state index is 11.5. The zero-order valence-electron chi connectivity index (χ0n) is 9.06. The molecule has 82 valence electrons. The van der Waals surface area contributed by atoms with E-state index in [-0.39, 0.29) is 5.97 Å². The summed E-state index contributed by atoms with van der Waals surface area (Å²) < 4.78 is 8.74. The Balaban J connectivity index is 2.44. The lowest BCUT2D eigenvalue weighted by Gasteiger charge is -2.01. The van der Waals surface area contributed by atoms with Gasteiger partial charge in [-0.05, 0) is 24.0 Å². The summed E-state index contributed by atoms with van der Waals surface area (Å²) in [4.78, 5) is 12.3. The largest absolute Gasteiger partial charge is 0.465 e. The van der Waals surface area contributed by atoms with Crippen molar-refractivity contribution in [2.24, 2.45) is 0 Å². The topological polar surface area (TPSA) is 39.2 Å². The number of rotatable bonds is 2. The first-order valence-electron chi connectivity index (χ1n) is 4.82. The summed E-state index contributed by atoms with van der Waals surface area (Å²) in [6.07, 6.45) is 1.55. The molecule has 1 aromatic carbocycles. The highest BCUT2D eigenvalue weighted by Gasteiger charge is 2.15. The molecule has 0 saturated heterocycles. The number of methoxy groups -OCH3 is 1. The molecule has 0 N–H and O–H groups in total. The second-order valence-electron chi connectivity index (χ2n) is 3.43. The Morgan fingerprint density at radius 3 is 2.62 bits per heavy atom. The van der Waals surface area contributed by atoms with Crippen LogP contribution in [0.15, 0.2) is 30.5 Å². The first-order valence-corrected chi connectivity index (χ1v) is 5.59. The van der Waals surface area contributed by atoms with E-state index in [1.54, 1.807) is 6.20 Å². The van der Waals surface area contributed by atoms with Gasteiger partial charge in [0.05, 0.1) is 23.7 Å². The van der Waals surface area contributed by atoms with Crippen LogP contribution in [0.5, 0.6) is 0 Å². The fourth-order valence-electron chi connectivity index (χ4n) is 1.41. The Hall–Kier alpha value is -1.68. The molecule has 0 fully saturated rings. The smallest absolute Gasteiger partial charge is 0.340 e. The monoisotopic (exact) mass is 233 g/mol. The van der Waals surface area contributed by atoms with Gasteiger partial charge in [-0.2, -0.15) is 4.37 Å². The van der Waals surface area contributed by atoms with Crippen LogP contribution in [0.25, 0.3) is 10.4 Å². The van der Waals surface area contributed by atoms with Gasteiger partial charge in [0.2, 0.25) is 0 Å². The van der Waals surface area contributed by atoms with Crippen LogP contribution in [0.1, 0.15) is 15.9 Å². The van der Waals surface area contributed by atoms with Gasteiger partial charge in [0, 0.05) is 0 Å². The molecule has 0 aliphatic carbocycles. The molecule has 1 heterocycles. The maximum Gasteiger partial charge on any atom is 0.340 e. The SMILES string of the molecule is COC(=O)c1cnsc1-c1ccc(C)cc1. The molecule has 0 atom stereocenters. The van der Waals surface area contributed by atoms with Crippen LogP contribution in [0.3, 0.4) is 0 Å². The van der Waals surface area contributed by atoms with Gasteiger partial charge in [-0.15, -0.1) is 0 Å². The fraction of sp³-hybridized carbons (Fsp3) is 0.167. The summed E-state index contributed by atoms with van der Waals surface area (Å²) in [6, 6.07) is 7.98. The summed E-state index contributed by atoms with van der Waals surface area (Å²) in [7, 11) is 1.37. The van der Waals surface area contributed by atoms with Crippen molar-refractivity contribution in [2.45, 2.75) is 6.92 Å². The van der Waals surface area contributed by atoms with E-state index in [2.05, 4.69) is 4.37 Å². The van der Waals surface area contributed by atoms with Gasteiger partial charge in [-0.25, -0.2) is 4.79 Å². The highest BCUT2D eigenvalue weighted by atomic mass is 32.1. The quantitative estimate of drug-likeness (QED) is 0.749. The minimum atomic E-state index is -0.343. The molecule has 0 unspecified atom stereocenters. The summed E-state index contributed by atoms with van der Waals surface area (Å²) >= 11 is 1.30. The molecule has 0 aliphatic heterocycles. The molecule has 3 nitrogen and oxygen atoms in total. The van der Waals surface area contributed by atoms with Crippen molar-refractivity contribution in [3.63, 3.8) is 0 Å². The van der Waals surface area contributed by atoms with Crippen LogP contribution in [0.4, 0.5) is 0 Å². The number of benzene rings is 1. The Labute approximate surface area is 97.9 Å². The van der Waals surface area contributed by atoms with Crippen LogP contribution in [0.2, 0.25) is 0 Å². The molecule has 2 aromatic rings. The molecular weight excluding hydrogens is 222 g/mol. The maximum absolute atomic E-state index is 11.5. The van der Waals surface area contributed by atoms with E-state index in [9.17, 15) is 4.79 Å². The van der Waals surface area contributed by atoms with Crippen molar-refractivity contribution in [3.05, 3.63) is 41.6 Å². The Bertz CT molecular complexity index is 502. The summed E-state index contributed by atoms with van der Waals surface area (Å²) in [6.45, 7) is 2.03. The van der Waals surface area contributed by atoms with E-state index in [1.807, 2.05) is 31.2 Å². The average molecular weight is 233 g/mol. The number of aromatic nitrogens is 1. The number of carbonyl (C=O) groups is 1. The summed E-state index contributed by atoms with van der Waals surface area (Å²) in [5.41, 5.74) is 2.71. The van der Waals surface area contributed by atoms with Gasteiger partial charge in [0.25, 0.3) is 0 Å². The highest BCUT2D eigenvalue weighted by molar-refractivity contribution is 7.10. The summed E-state index contributed by atoms with van der Waals surface area (Å²) in [5.74, 6) is -0.343. The predicted octanol–water partition coefficient (Wildman–Crippen LogP) is 2.91. The van der Waals surface area contributed by atoms with E-state index in [0.717, 1.165) is 10.4 Å². The van der Waals surface area contributed by atoms with E-state index < -0.39 is 0 Å². The molecule has 4 heteroatoms. The van der Waals surface area contributed by atoms with Gasteiger partial charge >= 0.3 is 5.97 Å². The Morgan fingerprint density at radius 2 is 2.00 bits per heavy atom. The molecule has 2 rings (SSSR count). The van der Waals surface area contributed by atoms with Gasteiger partial charge in [0.15, 0.2) is 0 Å². The van der Waals surface area contributed by atoms with Crippen molar-refractivity contribution >= 4 is 17.5 Å². The highest BCUT2D eigenvalue weighted by Crippen LogP contribution is 2.28. The lowest BCUT2D eigenvalue weighted by atomic mass is 10.1. The lowest BCUT2D eigenvalue weighted by molar-refractivity contribution is 0.0602. The first-order chi connectivity index (χ1) is 7.72. The van der Waals surface area contributed by atoms with Gasteiger partial charge in [-0.1, -0.05) is 29.8 Å². The normalized spacial score (nSPS) is 10.1. The van der Waals surface area contributed by atoms with Crippen molar-refractivity contribution in [1.29, 1.82) is 0 Å². The second-order valence-corrected chi connectivity index (χ2v) is 4.23. The zero-order chi connectivity index (χ0) is 11.5. The van der Waals surface area contributed by atoms with Crippen molar-refractivity contribution in [2.75, 3.05) is 7.11 Å². The summed E-state index contributed by atoms with van der Waals surface area (Å²) in [5, 5.41) is 0. The third-order valence-electron chi connectivity index (χ3n) is 2.29. The van der Waals surface area contributed by atoms with Crippen LogP contribution < -0.4 is 0 Å². The molecule has 0 radical (unpaired) electrons. The standard InChI is InChI=1S/C12H11NO2S/c1-8-3-5-9(6-4-8)11-10(7-13-16-11)12(14)15-2/h3-7H,1-2H3. The third kappa shape index (κ3) is 1.97. The molecular formula is C12H11NO2S. The number of esters is 1.